The maximum atomic E-state index is 11.4. The Morgan fingerprint density at radius 2 is 2.21 bits per heavy atom. The van der Waals surface area contributed by atoms with E-state index in [1.807, 2.05) is 4.90 Å². The van der Waals surface area contributed by atoms with Crippen LogP contribution in [-0.2, 0) is 4.79 Å². The molecule has 2 N–H and O–H groups in total. The largest absolute Gasteiger partial charge is 0.392 e. The summed E-state index contributed by atoms with van der Waals surface area (Å²) < 4.78 is 0. The first-order chi connectivity index (χ1) is 6.74. The van der Waals surface area contributed by atoms with Crippen molar-refractivity contribution in [1.29, 1.82) is 0 Å². The maximum Gasteiger partial charge on any atom is 0.234 e. The number of β-amino-alcohol motifs (C(OH)–C–C–N with tert-alkyl or cyclic N) is 1. The van der Waals surface area contributed by atoms with Gasteiger partial charge in [0.15, 0.2) is 0 Å². The summed E-state index contributed by atoms with van der Waals surface area (Å²) >= 11 is 0. The monoisotopic (exact) mass is 198 g/mol. The molecule has 1 aliphatic heterocycles. The van der Waals surface area contributed by atoms with Crippen LogP contribution in [0.5, 0.6) is 0 Å². The summed E-state index contributed by atoms with van der Waals surface area (Å²) in [4.78, 5) is 13.5. The minimum atomic E-state index is -0.238. The number of likely N-dealkylation sites (tertiary alicyclic amines) is 1. The minimum absolute atomic E-state index is 0.113. The number of carbonyl (C=O) groups is 1. The van der Waals surface area contributed by atoms with Crippen LogP contribution >= 0.6 is 0 Å². The Morgan fingerprint density at radius 1 is 1.43 bits per heavy atom. The molecular weight excluding hydrogens is 180 g/mol. The molecule has 80 valence electrons. The smallest absolute Gasteiger partial charge is 0.234 e. The Morgan fingerprint density at radius 3 is 2.86 bits per heavy atom. The first-order valence-electron chi connectivity index (χ1n) is 5.44. The lowest BCUT2D eigenvalue weighted by atomic mass is 10.1. The molecule has 14 heavy (non-hydrogen) atoms. The van der Waals surface area contributed by atoms with Crippen molar-refractivity contribution in [2.24, 2.45) is 0 Å². The van der Waals surface area contributed by atoms with Gasteiger partial charge in [-0.3, -0.25) is 9.69 Å². The van der Waals surface area contributed by atoms with E-state index >= 15 is 0 Å². The fourth-order valence-corrected chi connectivity index (χ4v) is 1.88. The summed E-state index contributed by atoms with van der Waals surface area (Å²) in [5.41, 5.74) is 0. The van der Waals surface area contributed by atoms with E-state index in [9.17, 15) is 9.90 Å². The van der Waals surface area contributed by atoms with Gasteiger partial charge in [-0.25, -0.2) is 0 Å². The highest BCUT2D eigenvalue weighted by Gasteiger charge is 2.25. The van der Waals surface area contributed by atoms with E-state index in [1.165, 1.54) is 0 Å². The van der Waals surface area contributed by atoms with E-state index in [0.29, 0.717) is 19.1 Å². The zero-order valence-electron chi connectivity index (χ0n) is 8.41. The van der Waals surface area contributed by atoms with Crippen molar-refractivity contribution in [2.75, 3.05) is 19.6 Å². The topological polar surface area (TPSA) is 52.6 Å². The Hall–Kier alpha value is -0.610. The molecule has 2 rings (SSSR count). The number of aliphatic hydroxyl groups is 1. The molecule has 1 saturated heterocycles. The van der Waals surface area contributed by atoms with Crippen LogP contribution in [0.25, 0.3) is 0 Å². The first kappa shape index (κ1) is 9.93. The lowest BCUT2D eigenvalue weighted by molar-refractivity contribution is -0.123. The van der Waals surface area contributed by atoms with Crippen LogP contribution < -0.4 is 5.32 Å². The van der Waals surface area contributed by atoms with Gasteiger partial charge in [0.25, 0.3) is 0 Å². The third-order valence-electron chi connectivity index (χ3n) is 2.79. The van der Waals surface area contributed by atoms with Crippen molar-refractivity contribution in [1.82, 2.24) is 10.2 Å². The number of piperidine rings is 1. The standard InChI is InChI=1S/C10H18N2O2/c13-9-2-1-5-12(6-9)7-10(14)11-8-3-4-8/h8-9,13H,1-7H2,(H,11,14). The van der Waals surface area contributed by atoms with Gasteiger partial charge in [0.2, 0.25) is 5.91 Å². The Balaban J connectivity index is 1.69. The van der Waals surface area contributed by atoms with E-state index < -0.39 is 0 Å². The van der Waals surface area contributed by atoms with Crippen LogP contribution in [-0.4, -0.2) is 47.7 Å². The highest BCUT2D eigenvalue weighted by Crippen LogP contribution is 2.18. The van der Waals surface area contributed by atoms with Crippen molar-refractivity contribution in [3.63, 3.8) is 0 Å². The molecule has 2 aliphatic rings. The molecule has 4 heteroatoms. The molecule has 0 spiro atoms. The lowest BCUT2D eigenvalue weighted by Crippen LogP contribution is -2.44. The van der Waals surface area contributed by atoms with E-state index in [4.69, 9.17) is 0 Å². The Labute approximate surface area is 84.3 Å². The van der Waals surface area contributed by atoms with Crippen molar-refractivity contribution in [3.05, 3.63) is 0 Å². The molecule has 1 atom stereocenters. The number of hydrogen-bond acceptors (Lipinski definition) is 3. The van der Waals surface area contributed by atoms with Gasteiger partial charge in [0.1, 0.15) is 0 Å². The summed E-state index contributed by atoms with van der Waals surface area (Å²) in [6.07, 6.45) is 3.90. The lowest BCUT2D eigenvalue weighted by Gasteiger charge is -2.29. The SMILES string of the molecule is O=C(CN1CCCC(O)C1)NC1CC1. The predicted molar refractivity (Wildman–Crippen MR) is 52.8 cm³/mol. The second kappa shape index (κ2) is 4.28. The molecule has 0 bridgehead atoms. The van der Waals surface area contributed by atoms with E-state index in [1.54, 1.807) is 0 Å². The molecular formula is C10H18N2O2. The van der Waals surface area contributed by atoms with Crippen molar-refractivity contribution < 1.29 is 9.90 Å². The van der Waals surface area contributed by atoms with E-state index in [0.717, 1.165) is 32.2 Å². The summed E-state index contributed by atoms with van der Waals surface area (Å²) in [6, 6.07) is 0.442. The van der Waals surface area contributed by atoms with Crippen LogP contribution in [0.2, 0.25) is 0 Å². The molecule has 0 radical (unpaired) electrons. The average Bonchev–Trinajstić information content (AvgIpc) is 2.87. The quantitative estimate of drug-likeness (QED) is 0.656. The molecule has 0 aromatic carbocycles. The number of hydrogen-bond donors (Lipinski definition) is 2. The number of amides is 1. The van der Waals surface area contributed by atoms with Crippen LogP contribution in [0.15, 0.2) is 0 Å². The van der Waals surface area contributed by atoms with Gasteiger partial charge >= 0.3 is 0 Å². The average molecular weight is 198 g/mol. The zero-order valence-corrected chi connectivity index (χ0v) is 8.41. The van der Waals surface area contributed by atoms with Crippen molar-refractivity contribution in [3.8, 4) is 0 Å². The first-order valence-corrected chi connectivity index (χ1v) is 5.44. The van der Waals surface area contributed by atoms with Gasteiger partial charge in [-0.2, -0.15) is 0 Å². The molecule has 0 aromatic heterocycles. The highest BCUT2D eigenvalue weighted by molar-refractivity contribution is 5.78. The Bertz CT molecular complexity index is 216. The van der Waals surface area contributed by atoms with Gasteiger partial charge < -0.3 is 10.4 Å². The number of nitrogens with one attached hydrogen (secondary N) is 1. The van der Waals surface area contributed by atoms with Crippen molar-refractivity contribution >= 4 is 5.91 Å². The zero-order chi connectivity index (χ0) is 9.97. The van der Waals surface area contributed by atoms with Crippen LogP contribution in [0, 0.1) is 0 Å². The molecule has 1 amide bonds. The summed E-state index contributed by atoms with van der Waals surface area (Å²) in [5.74, 6) is 0.113. The number of carbonyl (C=O) groups excluding carboxylic acids is 1. The highest BCUT2D eigenvalue weighted by atomic mass is 16.3. The van der Waals surface area contributed by atoms with Gasteiger partial charge in [-0.1, -0.05) is 0 Å². The third-order valence-corrected chi connectivity index (χ3v) is 2.79. The molecule has 4 nitrogen and oxygen atoms in total. The number of rotatable bonds is 3. The van der Waals surface area contributed by atoms with Crippen LogP contribution in [0.1, 0.15) is 25.7 Å². The van der Waals surface area contributed by atoms with Gasteiger partial charge in [-0.05, 0) is 32.2 Å². The molecule has 1 unspecified atom stereocenters. The number of aliphatic hydroxyl groups excluding tert-OH is 1. The van der Waals surface area contributed by atoms with Crippen LogP contribution in [0.3, 0.4) is 0 Å². The molecule has 1 saturated carbocycles. The van der Waals surface area contributed by atoms with Gasteiger partial charge in [-0.15, -0.1) is 0 Å². The third kappa shape index (κ3) is 2.96. The normalized spacial score (nSPS) is 28.8. The van der Waals surface area contributed by atoms with E-state index in [2.05, 4.69) is 5.32 Å². The molecule has 2 fully saturated rings. The molecule has 1 aliphatic carbocycles. The minimum Gasteiger partial charge on any atom is -0.392 e. The molecule has 0 aromatic rings. The van der Waals surface area contributed by atoms with Gasteiger partial charge in [0, 0.05) is 12.6 Å². The number of nitrogens with zero attached hydrogens (tertiary/aromatic N) is 1. The summed E-state index contributed by atoms with van der Waals surface area (Å²) in [6.45, 7) is 2.04. The fraction of sp³-hybridized carbons (Fsp3) is 0.900. The Kier molecular flexibility index (Phi) is 3.03. The van der Waals surface area contributed by atoms with Crippen LogP contribution in [0.4, 0.5) is 0 Å². The van der Waals surface area contributed by atoms with Gasteiger partial charge in [0.05, 0.1) is 12.6 Å². The van der Waals surface area contributed by atoms with Crippen molar-refractivity contribution in [2.45, 2.75) is 37.8 Å². The predicted octanol–water partition coefficient (Wildman–Crippen LogP) is -0.278. The van der Waals surface area contributed by atoms with E-state index in [-0.39, 0.29) is 12.0 Å². The maximum absolute atomic E-state index is 11.4. The second-order valence-corrected chi connectivity index (χ2v) is 4.37. The summed E-state index contributed by atoms with van der Waals surface area (Å²) in [7, 11) is 0. The fourth-order valence-electron chi connectivity index (χ4n) is 1.88. The second-order valence-electron chi connectivity index (χ2n) is 4.37. The summed E-state index contributed by atoms with van der Waals surface area (Å²) in [5, 5.41) is 12.4. The molecule has 1 heterocycles.